The van der Waals surface area contributed by atoms with Crippen LogP contribution in [0.3, 0.4) is 0 Å². The zero-order chi connectivity index (χ0) is 50.9. The molecule has 4 rings (SSSR count). The van der Waals surface area contributed by atoms with Crippen LogP contribution < -0.4 is 28.4 Å². The lowest BCUT2D eigenvalue weighted by molar-refractivity contribution is 0.0934. The summed E-state index contributed by atoms with van der Waals surface area (Å²) in [5, 5.41) is 0. The minimum Gasteiger partial charge on any atom is -0.492 e. The molecule has 0 radical (unpaired) electrons. The van der Waals surface area contributed by atoms with E-state index in [1.54, 1.807) is 72.8 Å². The van der Waals surface area contributed by atoms with Crippen LogP contribution in [0.5, 0.6) is 11.5 Å². The Morgan fingerprint density at radius 1 is 0.343 bits per heavy atom. The van der Waals surface area contributed by atoms with Gasteiger partial charge in [-0.05, 0) is 110 Å². The molecule has 0 bridgehead atoms. The molecule has 4 aromatic carbocycles. The second-order valence-corrected chi connectivity index (χ2v) is 24.2. The summed E-state index contributed by atoms with van der Waals surface area (Å²) in [6.07, 6.45) is 12.3. The van der Waals surface area contributed by atoms with Crippen LogP contribution in [0.2, 0.25) is 0 Å². The summed E-state index contributed by atoms with van der Waals surface area (Å²) in [7, 11) is -13.5. The van der Waals surface area contributed by atoms with Gasteiger partial charge in [0.25, 0.3) is 0 Å². The fraction of sp³-hybridized carbons (Fsp3) is 0.500. The van der Waals surface area contributed by atoms with Crippen LogP contribution in [0.4, 0.5) is 22.7 Å². The highest BCUT2D eigenvalue weighted by Crippen LogP contribution is 2.19. The maximum Gasteiger partial charge on any atom is 0.229 e. The number of nitrogens with zero attached hydrogens (tertiary/aromatic N) is 2. The highest BCUT2D eigenvalue weighted by atomic mass is 32.2. The van der Waals surface area contributed by atoms with E-state index < -0.39 is 40.1 Å². The number of hydrogen-bond acceptors (Lipinski definition) is 14. The van der Waals surface area contributed by atoms with E-state index in [1.165, 1.54) is 0 Å². The third kappa shape index (κ3) is 27.6. The molecule has 22 heteroatoms. The molecule has 0 amide bonds. The van der Waals surface area contributed by atoms with Gasteiger partial charge >= 0.3 is 0 Å². The van der Waals surface area contributed by atoms with Crippen molar-refractivity contribution in [2.75, 3.05) is 123 Å². The van der Waals surface area contributed by atoms with Crippen LogP contribution in [-0.4, -0.2) is 147 Å². The molecule has 0 saturated heterocycles. The van der Waals surface area contributed by atoms with Crippen molar-refractivity contribution in [1.29, 1.82) is 0 Å². The zero-order valence-electron chi connectivity index (χ0n) is 40.8. The van der Waals surface area contributed by atoms with E-state index in [0.717, 1.165) is 101 Å². The average Bonchev–Trinajstić information content (AvgIpc) is 3.27. The normalized spacial score (nSPS) is 12.3. The summed E-state index contributed by atoms with van der Waals surface area (Å²) < 4.78 is 126. The summed E-state index contributed by atoms with van der Waals surface area (Å²) in [5.41, 5.74) is 4.11. The van der Waals surface area contributed by atoms with Crippen molar-refractivity contribution in [2.24, 2.45) is 0 Å². The molecule has 0 unspecified atom stereocenters. The van der Waals surface area contributed by atoms with E-state index in [4.69, 9.17) is 18.9 Å². The van der Waals surface area contributed by atoms with Crippen LogP contribution in [0.15, 0.2) is 97.1 Å². The Hall–Kier alpha value is -4.68. The lowest BCUT2D eigenvalue weighted by Crippen LogP contribution is -2.33. The number of sulfonamides is 4. The van der Waals surface area contributed by atoms with E-state index >= 15 is 0 Å². The predicted molar refractivity (Wildman–Crippen MR) is 280 cm³/mol. The van der Waals surface area contributed by atoms with Crippen LogP contribution in [0.25, 0.3) is 0 Å². The van der Waals surface area contributed by atoms with Gasteiger partial charge in [-0.15, -0.1) is 0 Å². The number of nitrogens with one attached hydrogen (secondary N) is 4. The van der Waals surface area contributed by atoms with E-state index in [2.05, 4.69) is 28.7 Å². The summed E-state index contributed by atoms with van der Waals surface area (Å²) in [6.45, 7) is 7.57. The van der Waals surface area contributed by atoms with Crippen molar-refractivity contribution in [3.63, 3.8) is 0 Å². The molecule has 0 aliphatic carbocycles. The van der Waals surface area contributed by atoms with Gasteiger partial charge in [0.15, 0.2) is 0 Å². The Labute approximate surface area is 417 Å². The first kappa shape index (κ1) is 57.9. The maximum atomic E-state index is 11.6. The van der Waals surface area contributed by atoms with Gasteiger partial charge in [-0.25, -0.2) is 33.7 Å². The first-order valence-corrected chi connectivity index (χ1v) is 30.9. The summed E-state index contributed by atoms with van der Waals surface area (Å²) in [4.78, 5) is 4.54. The number of anilines is 4. The van der Waals surface area contributed by atoms with Crippen molar-refractivity contribution in [1.82, 2.24) is 9.80 Å². The van der Waals surface area contributed by atoms with E-state index in [1.807, 2.05) is 24.3 Å². The van der Waals surface area contributed by atoms with Crippen molar-refractivity contribution >= 4 is 62.8 Å². The first-order valence-electron chi connectivity index (χ1n) is 23.3. The van der Waals surface area contributed by atoms with Gasteiger partial charge in [0.05, 0.1) is 38.2 Å². The number of rotatable bonds is 37. The highest BCUT2D eigenvalue weighted by Gasteiger charge is 2.11. The standard InChI is InChI=1S/C48H72N6O12S4/c1-67(55,56)49-43-15-11-41(12-16-43)27-29-53(33-39-65-47-23-19-45(20-24-47)51-69(3,59)60)31-37-63-35-9-7-5-6-8-10-36-64-38-32-54(30-28-42-13-17-44(18-14-42)50-68(2,57)58)34-40-66-48-25-21-46(22-26-48)52-70(4,61)62/h11-26,49-52H,5-10,27-40H2,1-4H3. The topological polar surface area (TPSA) is 228 Å². The summed E-state index contributed by atoms with van der Waals surface area (Å²) >= 11 is 0. The minimum atomic E-state index is -3.37. The SMILES string of the molecule is CS(=O)(=O)Nc1ccc(CCN(CCOCCCCCCCCOCCN(CCOc2ccc(NS(C)(=O)=O)cc2)CCc2ccc(NS(C)(=O)=O)cc2)CCOc2ccc(NS(C)(=O)=O)cc2)cc1. The lowest BCUT2D eigenvalue weighted by atomic mass is 10.1. The molecule has 0 aromatic heterocycles. The predicted octanol–water partition coefficient (Wildman–Crippen LogP) is 6.09. The van der Waals surface area contributed by atoms with Gasteiger partial charge < -0.3 is 18.9 Å². The smallest absolute Gasteiger partial charge is 0.229 e. The largest absolute Gasteiger partial charge is 0.492 e. The highest BCUT2D eigenvalue weighted by molar-refractivity contribution is 7.92. The van der Waals surface area contributed by atoms with Gasteiger partial charge in [-0.2, -0.15) is 0 Å². The molecule has 0 saturated carbocycles. The van der Waals surface area contributed by atoms with Crippen molar-refractivity contribution in [3.8, 4) is 11.5 Å². The molecule has 4 N–H and O–H groups in total. The quantitative estimate of drug-likeness (QED) is 0.0375. The molecule has 0 aliphatic heterocycles. The van der Waals surface area contributed by atoms with Gasteiger partial charge in [-0.3, -0.25) is 28.7 Å². The third-order valence-corrected chi connectivity index (χ3v) is 13.0. The monoisotopic (exact) mass is 1050 g/mol. The van der Waals surface area contributed by atoms with Crippen LogP contribution in [0.1, 0.15) is 49.7 Å². The fourth-order valence-electron chi connectivity index (χ4n) is 7.11. The molecule has 0 heterocycles. The van der Waals surface area contributed by atoms with Gasteiger partial charge in [0.1, 0.15) is 24.7 Å². The number of benzene rings is 4. The van der Waals surface area contributed by atoms with E-state index in [9.17, 15) is 33.7 Å². The molecule has 18 nitrogen and oxygen atoms in total. The molecule has 70 heavy (non-hydrogen) atoms. The molecule has 4 aromatic rings. The molecule has 0 atom stereocenters. The number of ether oxygens (including phenoxy) is 4. The number of hydrogen-bond donors (Lipinski definition) is 4. The Kier molecular flexibility index (Phi) is 24.5. The summed E-state index contributed by atoms with van der Waals surface area (Å²) in [6, 6.07) is 28.2. The minimum absolute atomic E-state index is 0.427. The Morgan fingerprint density at radius 3 is 0.914 bits per heavy atom. The second-order valence-electron chi connectivity index (χ2n) is 17.2. The molecule has 0 spiro atoms. The summed E-state index contributed by atoms with van der Waals surface area (Å²) in [5.74, 6) is 1.27. The molecule has 0 aliphatic rings. The molecular weight excluding hydrogens is 981 g/mol. The maximum absolute atomic E-state index is 11.6. The van der Waals surface area contributed by atoms with Gasteiger partial charge in [-0.1, -0.05) is 49.9 Å². The molecular formula is C48H72N6O12S4. The Balaban J connectivity index is 1.11. The van der Waals surface area contributed by atoms with Crippen LogP contribution in [0, 0.1) is 0 Å². The van der Waals surface area contributed by atoms with E-state index in [0.29, 0.717) is 100 Å². The Bertz CT molecular complexity index is 2390. The van der Waals surface area contributed by atoms with E-state index in [-0.39, 0.29) is 0 Å². The molecule has 390 valence electrons. The zero-order valence-corrected chi connectivity index (χ0v) is 44.1. The van der Waals surface area contributed by atoms with Crippen molar-refractivity contribution in [3.05, 3.63) is 108 Å². The third-order valence-electron chi connectivity index (χ3n) is 10.5. The number of unbranched alkanes of at least 4 members (excludes halogenated alkanes) is 5. The first-order chi connectivity index (χ1) is 33.2. The Morgan fingerprint density at radius 2 is 0.614 bits per heavy atom. The van der Waals surface area contributed by atoms with Crippen LogP contribution >= 0.6 is 0 Å². The van der Waals surface area contributed by atoms with Crippen LogP contribution in [-0.2, 0) is 62.4 Å². The van der Waals surface area contributed by atoms with Gasteiger partial charge in [0, 0.05) is 75.2 Å². The molecule has 0 fully saturated rings. The van der Waals surface area contributed by atoms with Crippen molar-refractivity contribution in [2.45, 2.75) is 51.4 Å². The van der Waals surface area contributed by atoms with Crippen molar-refractivity contribution < 1.29 is 52.6 Å². The second kappa shape index (κ2) is 29.6. The van der Waals surface area contributed by atoms with Gasteiger partial charge in [0.2, 0.25) is 40.1 Å². The fourth-order valence-corrected chi connectivity index (χ4v) is 9.37. The lowest BCUT2D eigenvalue weighted by Gasteiger charge is -2.22. The average molecular weight is 1050 g/mol.